The van der Waals surface area contributed by atoms with Crippen molar-refractivity contribution in [1.82, 2.24) is 10.4 Å². The molecule has 0 atom stereocenters. The van der Waals surface area contributed by atoms with Crippen molar-refractivity contribution in [1.29, 1.82) is 0 Å². The normalized spacial score (nSPS) is 10.7. The second kappa shape index (κ2) is 9.77. The fourth-order valence-electron chi connectivity index (χ4n) is 2.41. The predicted molar refractivity (Wildman–Crippen MR) is 109 cm³/mol. The zero-order valence-corrected chi connectivity index (χ0v) is 16.7. The van der Waals surface area contributed by atoms with Gasteiger partial charge in [-0.3, -0.25) is 9.78 Å². The van der Waals surface area contributed by atoms with Crippen molar-refractivity contribution in [2.24, 2.45) is 5.10 Å². The summed E-state index contributed by atoms with van der Waals surface area (Å²) in [6.45, 7) is 0. The van der Waals surface area contributed by atoms with E-state index in [-0.39, 0.29) is 22.1 Å². The summed E-state index contributed by atoms with van der Waals surface area (Å²) in [6.07, 6.45) is 4.30. The molecule has 0 unspecified atom stereocenters. The first-order valence-electron chi connectivity index (χ1n) is 8.67. The molecule has 0 radical (unpaired) electrons. The third-order valence-electron chi connectivity index (χ3n) is 3.92. The van der Waals surface area contributed by atoms with Crippen molar-refractivity contribution < 1.29 is 27.8 Å². The first kappa shape index (κ1) is 21.8. The van der Waals surface area contributed by atoms with Crippen LogP contribution >= 0.6 is 11.6 Å². The number of carbonyl (C=O) groups excluding carboxylic acids is 2. The zero-order valence-electron chi connectivity index (χ0n) is 15.9. The summed E-state index contributed by atoms with van der Waals surface area (Å²) in [4.78, 5) is 28.1. The molecule has 0 aliphatic heterocycles. The van der Waals surface area contributed by atoms with Crippen LogP contribution in [0.2, 0.25) is 5.02 Å². The van der Waals surface area contributed by atoms with E-state index in [0.717, 1.165) is 0 Å². The number of hydrazone groups is 1. The Kier molecular flexibility index (Phi) is 6.88. The van der Waals surface area contributed by atoms with Gasteiger partial charge in [-0.2, -0.15) is 5.10 Å². The molecule has 3 aromatic rings. The minimum absolute atomic E-state index is 0.0184. The molecule has 7 nitrogen and oxygen atoms in total. The van der Waals surface area contributed by atoms with E-state index in [9.17, 15) is 18.4 Å². The number of hydrogen-bond acceptors (Lipinski definition) is 6. The number of esters is 1. The van der Waals surface area contributed by atoms with Gasteiger partial charge < -0.3 is 9.47 Å². The molecule has 2 aromatic carbocycles. The smallest absolute Gasteiger partial charge is 0.345 e. The molecule has 1 heterocycles. The Morgan fingerprint density at radius 3 is 2.61 bits per heavy atom. The number of nitrogens with one attached hydrogen (secondary N) is 1. The number of carbonyl (C=O) groups is 2. The highest BCUT2D eigenvalue weighted by Crippen LogP contribution is 2.29. The molecule has 158 valence electrons. The summed E-state index contributed by atoms with van der Waals surface area (Å²) >= 11 is 5.79. The first-order chi connectivity index (χ1) is 14.9. The number of hydrogen-bond donors (Lipinski definition) is 1. The van der Waals surface area contributed by atoms with Gasteiger partial charge in [-0.25, -0.2) is 19.0 Å². The van der Waals surface area contributed by atoms with Gasteiger partial charge in [-0.1, -0.05) is 11.6 Å². The van der Waals surface area contributed by atoms with Crippen LogP contribution in [-0.2, 0) is 0 Å². The Morgan fingerprint density at radius 2 is 1.90 bits per heavy atom. The molecular weight excluding hydrogens is 432 g/mol. The molecule has 1 N–H and O–H groups in total. The second-order valence-electron chi connectivity index (χ2n) is 5.99. The maximum absolute atomic E-state index is 13.4. The van der Waals surface area contributed by atoms with Gasteiger partial charge in [0.2, 0.25) is 0 Å². The minimum atomic E-state index is -1.23. The number of ether oxygens (including phenoxy) is 2. The molecule has 0 saturated heterocycles. The molecular formula is C21H14ClF2N3O4. The lowest BCUT2D eigenvalue weighted by Gasteiger charge is -2.11. The van der Waals surface area contributed by atoms with Crippen molar-refractivity contribution in [3.63, 3.8) is 0 Å². The molecule has 0 fully saturated rings. The summed E-state index contributed by atoms with van der Waals surface area (Å²) in [7, 11) is 1.35. The van der Waals surface area contributed by atoms with Crippen LogP contribution in [0.3, 0.4) is 0 Å². The Bertz CT molecular complexity index is 1160. The van der Waals surface area contributed by atoms with E-state index in [0.29, 0.717) is 23.3 Å². The Hall–Kier alpha value is -3.85. The van der Waals surface area contributed by atoms with Crippen molar-refractivity contribution in [2.75, 3.05) is 7.11 Å². The molecule has 0 bridgehead atoms. The summed E-state index contributed by atoms with van der Waals surface area (Å²) < 4.78 is 37.0. The Morgan fingerprint density at radius 1 is 1.13 bits per heavy atom. The number of amides is 1. The maximum Gasteiger partial charge on any atom is 0.345 e. The molecule has 0 spiro atoms. The molecule has 3 rings (SSSR count). The molecule has 0 aliphatic rings. The fourth-order valence-corrected chi connectivity index (χ4v) is 2.64. The first-order valence-corrected chi connectivity index (χ1v) is 9.05. The van der Waals surface area contributed by atoms with Gasteiger partial charge in [0.25, 0.3) is 5.91 Å². The van der Waals surface area contributed by atoms with Crippen molar-refractivity contribution >= 4 is 29.7 Å². The van der Waals surface area contributed by atoms with Crippen molar-refractivity contribution in [3.8, 4) is 11.5 Å². The molecule has 0 saturated carbocycles. The van der Waals surface area contributed by atoms with Gasteiger partial charge in [0, 0.05) is 12.4 Å². The number of pyridine rings is 1. The molecule has 1 amide bonds. The quantitative estimate of drug-likeness (QED) is 0.203. The number of aromatic nitrogens is 1. The molecule has 10 heteroatoms. The fraction of sp³-hybridized carbons (Fsp3) is 0.0476. The van der Waals surface area contributed by atoms with Crippen LogP contribution in [0.5, 0.6) is 11.5 Å². The number of methoxy groups -OCH3 is 1. The highest BCUT2D eigenvalue weighted by Gasteiger charge is 2.19. The summed E-state index contributed by atoms with van der Waals surface area (Å²) in [6, 6.07) is 8.99. The Balaban J connectivity index is 1.72. The lowest BCUT2D eigenvalue weighted by molar-refractivity contribution is 0.0729. The lowest BCUT2D eigenvalue weighted by atomic mass is 10.2. The average molecular weight is 446 g/mol. The van der Waals surface area contributed by atoms with Crippen LogP contribution in [0, 0.1) is 11.6 Å². The van der Waals surface area contributed by atoms with E-state index in [1.54, 1.807) is 18.3 Å². The zero-order chi connectivity index (χ0) is 22.4. The number of nitrogens with zero attached hydrogens (tertiary/aromatic N) is 2. The van der Waals surface area contributed by atoms with E-state index in [2.05, 4.69) is 15.5 Å². The predicted octanol–water partition coefficient (Wildman–Crippen LogP) is 4.00. The lowest BCUT2D eigenvalue weighted by Crippen LogP contribution is -2.17. The van der Waals surface area contributed by atoms with E-state index in [4.69, 9.17) is 21.1 Å². The second-order valence-corrected chi connectivity index (χ2v) is 6.39. The van der Waals surface area contributed by atoms with Gasteiger partial charge in [-0.05, 0) is 48.0 Å². The van der Waals surface area contributed by atoms with Crippen LogP contribution in [-0.4, -0.2) is 30.2 Å². The molecule has 0 aliphatic carbocycles. The van der Waals surface area contributed by atoms with Crippen molar-refractivity contribution in [2.45, 2.75) is 0 Å². The highest BCUT2D eigenvalue weighted by molar-refractivity contribution is 6.33. The third kappa shape index (κ3) is 5.40. The highest BCUT2D eigenvalue weighted by atomic mass is 35.5. The number of rotatable bonds is 6. The summed E-state index contributed by atoms with van der Waals surface area (Å²) in [5.41, 5.74) is 2.88. The molecule has 31 heavy (non-hydrogen) atoms. The van der Waals surface area contributed by atoms with E-state index in [1.807, 2.05) is 0 Å². The van der Waals surface area contributed by atoms with Gasteiger partial charge in [-0.15, -0.1) is 0 Å². The standard InChI is InChI=1S/C21H14ClF2N3O4/c1-30-19-7-12(10-26-27-20(28)13-3-2-6-25-11-13)4-5-18(19)31-21(29)14-8-16(23)17(24)9-15(14)22/h2-11H,1H3,(H,27,28)/b26-10-. The van der Waals surface area contributed by atoms with Gasteiger partial charge >= 0.3 is 5.97 Å². The largest absolute Gasteiger partial charge is 0.493 e. The maximum atomic E-state index is 13.4. The third-order valence-corrected chi connectivity index (χ3v) is 4.24. The van der Waals surface area contributed by atoms with Crippen LogP contribution in [0.4, 0.5) is 8.78 Å². The summed E-state index contributed by atoms with van der Waals surface area (Å²) in [5.74, 6) is -3.67. The van der Waals surface area contributed by atoms with E-state index >= 15 is 0 Å². The average Bonchev–Trinajstić information content (AvgIpc) is 2.77. The summed E-state index contributed by atoms with van der Waals surface area (Å²) in [5, 5.41) is 3.56. The van der Waals surface area contributed by atoms with Crippen molar-refractivity contribution in [3.05, 3.63) is 88.2 Å². The van der Waals surface area contributed by atoms with Crippen LogP contribution in [0.25, 0.3) is 0 Å². The molecule has 1 aromatic heterocycles. The van der Waals surface area contributed by atoms with Gasteiger partial charge in [0.1, 0.15) is 0 Å². The van der Waals surface area contributed by atoms with E-state index in [1.165, 1.54) is 37.7 Å². The van der Waals surface area contributed by atoms with Crippen LogP contribution in [0.15, 0.2) is 60.0 Å². The number of benzene rings is 2. The van der Waals surface area contributed by atoms with Gasteiger partial charge in [0.15, 0.2) is 23.1 Å². The van der Waals surface area contributed by atoms with E-state index < -0.39 is 23.5 Å². The van der Waals surface area contributed by atoms with Crippen LogP contribution < -0.4 is 14.9 Å². The minimum Gasteiger partial charge on any atom is -0.493 e. The monoisotopic (exact) mass is 445 g/mol. The topological polar surface area (TPSA) is 89.9 Å². The Labute approximate surface area is 180 Å². The van der Waals surface area contributed by atoms with Crippen LogP contribution in [0.1, 0.15) is 26.3 Å². The van der Waals surface area contributed by atoms with Gasteiger partial charge in [0.05, 0.1) is 29.5 Å². The SMILES string of the molecule is COc1cc(/C=N\NC(=O)c2cccnc2)ccc1OC(=O)c1cc(F)c(F)cc1Cl. The number of halogens is 3.